The van der Waals surface area contributed by atoms with Gasteiger partial charge in [0.2, 0.25) is 0 Å². The van der Waals surface area contributed by atoms with Gasteiger partial charge in [-0.2, -0.15) is 0 Å². The standard InChI is InChI=1S/C13H15FO2.C12H14FNO2/c1-9-11-6-15-7-13(11,8-16-9)10-4-2-3-5-12(10)14;1-3-9(2)16-8-12(14-15)10-6-4-5-7-11(10)13/h2-5,9,11H,6-8H2,1H3;3-7,9,15H,1,8H2,2H3/t9-,11-,13+;/m1./s1. The number of hydrogen-bond donors (Lipinski definition) is 1. The molecule has 0 bridgehead atoms. The van der Waals surface area contributed by atoms with Crippen LogP contribution in [0.1, 0.15) is 25.0 Å². The molecule has 0 spiro atoms. The van der Waals surface area contributed by atoms with E-state index in [-0.39, 0.29) is 47.2 Å². The van der Waals surface area contributed by atoms with E-state index in [1.54, 1.807) is 31.2 Å². The van der Waals surface area contributed by atoms with Crippen LogP contribution in [-0.2, 0) is 19.6 Å². The van der Waals surface area contributed by atoms with Crippen LogP contribution < -0.4 is 0 Å². The summed E-state index contributed by atoms with van der Waals surface area (Å²) in [6.45, 7) is 9.24. The number of fused-ring (bicyclic) bond motifs is 1. The summed E-state index contributed by atoms with van der Waals surface area (Å²) in [6, 6.07) is 13.1. The van der Waals surface area contributed by atoms with Gasteiger partial charge in [-0.1, -0.05) is 41.6 Å². The Balaban J connectivity index is 0.000000181. The summed E-state index contributed by atoms with van der Waals surface area (Å²) in [6.07, 6.45) is 1.58. The molecule has 32 heavy (non-hydrogen) atoms. The maximum Gasteiger partial charge on any atom is 0.132 e. The highest BCUT2D eigenvalue weighted by atomic mass is 19.1. The molecular formula is C25H29F2NO4. The van der Waals surface area contributed by atoms with Gasteiger partial charge in [0.15, 0.2) is 0 Å². The first-order valence-electron chi connectivity index (χ1n) is 10.6. The monoisotopic (exact) mass is 445 g/mol. The summed E-state index contributed by atoms with van der Waals surface area (Å²) in [5.41, 5.74) is 0.889. The van der Waals surface area contributed by atoms with Gasteiger partial charge >= 0.3 is 0 Å². The van der Waals surface area contributed by atoms with Crippen molar-refractivity contribution in [2.75, 3.05) is 26.4 Å². The van der Waals surface area contributed by atoms with E-state index in [2.05, 4.69) is 11.7 Å². The van der Waals surface area contributed by atoms with Crippen LogP contribution in [0.3, 0.4) is 0 Å². The number of rotatable bonds is 6. The zero-order chi connectivity index (χ0) is 23.1. The largest absolute Gasteiger partial charge is 0.411 e. The van der Waals surface area contributed by atoms with Crippen molar-refractivity contribution in [3.05, 3.63) is 83.9 Å². The van der Waals surface area contributed by atoms with Crippen LogP contribution in [0.2, 0.25) is 0 Å². The minimum absolute atomic E-state index is 0.0324. The summed E-state index contributed by atoms with van der Waals surface area (Å²) in [7, 11) is 0. The predicted octanol–water partition coefficient (Wildman–Crippen LogP) is 4.72. The minimum Gasteiger partial charge on any atom is -0.411 e. The normalized spacial score (nSPS) is 25.6. The second kappa shape index (κ2) is 10.8. The maximum absolute atomic E-state index is 13.9. The van der Waals surface area contributed by atoms with Crippen LogP contribution in [0.25, 0.3) is 0 Å². The Kier molecular flexibility index (Phi) is 8.12. The number of benzene rings is 2. The van der Waals surface area contributed by atoms with Crippen molar-refractivity contribution < 1.29 is 28.2 Å². The molecule has 2 fully saturated rings. The lowest BCUT2D eigenvalue weighted by Crippen LogP contribution is -2.35. The van der Waals surface area contributed by atoms with E-state index in [4.69, 9.17) is 19.4 Å². The summed E-state index contributed by atoms with van der Waals surface area (Å²) in [4.78, 5) is 0. The molecule has 2 aliphatic heterocycles. The summed E-state index contributed by atoms with van der Waals surface area (Å²) < 4.78 is 43.8. The van der Waals surface area contributed by atoms with Gasteiger partial charge in [-0.05, 0) is 37.6 Å². The lowest BCUT2D eigenvalue weighted by atomic mass is 9.73. The average molecular weight is 446 g/mol. The van der Waals surface area contributed by atoms with Gasteiger partial charge in [0.1, 0.15) is 17.3 Å². The predicted molar refractivity (Wildman–Crippen MR) is 118 cm³/mol. The van der Waals surface area contributed by atoms with Crippen molar-refractivity contribution in [3.63, 3.8) is 0 Å². The summed E-state index contributed by atoms with van der Waals surface area (Å²) in [5.74, 6) is -0.301. The first kappa shape index (κ1) is 24.0. The molecule has 2 aliphatic rings. The van der Waals surface area contributed by atoms with E-state index < -0.39 is 5.82 Å². The molecule has 2 saturated heterocycles. The van der Waals surface area contributed by atoms with E-state index in [1.807, 2.05) is 19.1 Å². The zero-order valence-corrected chi connectivity index (χ0v) is 18.3. The van der Waals surface area contributed by atoms with Gasteiger partial charge < -0.3 is 19.4 Å². The fourth-order valence-corrected chi connectivity index (χ4v) is 4.12. The third-order valence-corrected chi connectivity index (χ3v) is 6.07. The average Bonchev–Trinajstić information content (AvgIpc) is 3.37. The van der Waals surface area contributed by atoms with Crippen molar-refractivity contribution in [3.8, 4) is 0 Å². The molecule has 2 heterocycles. The number of halogens is 2. The van der Waals surface area contributed by atoms with Gasteiger partial charge in [-0.3, -0.25) is 0 Å². The smallest absolute Gasteiger partial charge is 0.132 e. The molecule has 0 radical (unpaired) electrons. The Hall–Kier alpha value is -2.61. The van der Waals surface area contributed by atoms with Gasteiger partial charge in [-0.15, -0.1) is 6.58 Å². The summed E-state index contributed by atoms with van der Waals surface area (Å²) >= 11 is 0. The van der Waals surface area contributed by atoms with Gasteiger partial charge in [0, 0.05) is 11.5 Å². The molecule has 7 heteroatoms. The first-order valence-corrected chi connectivity index (χ1v) is 10.6. The highest BCUT2D eigenvalue weighted by Gasteiger charge is 2.54. The molecule has 172 valence electrons. The van der Waals surface area contributed by atoms with Crippen LogP contribution in [0.4, 0.5) is 8.78 Å². The topological polar surface area (TPSA) is 60.3 Å². The fourth-order valence-electron chi connectivity index (χ4n) is 4.12. The van der Waals surface area contributed by atoms with Crippen LogP contribution in [-0.4, -0.2) is 49.6 Å². The number of hydrogen-bond acceptors (Lipinski definition) is 5. The molecule has 0 amide bonds. The Morgan fingerprint density at radius 2 is 1.91 bits per heavy atom. The number of ether oxygens (including phenoxy) is 3. The molecule has 0 saturated carbocycles. The van der Waals surface area contributed by atoms with Crippen LogP contribution in [0, 0.1) is 17.6 Å². The van der Waals surface area contributed by atoms with Crippen molar-refractivity contribution in [1.29, 1.82) is 0 Å². The quantitative estimate of drug-likeness (QED) is 0.302. The van der Waals surface area contributed by atoms with E-state index in [1.165, 1.54) is 18.2 Å². The van der Waals surface area contributed by atoms with Gasteiger partial charge in [0.25, 0.3) is 0 Å². The first-order chi connectivity index (χ1) is 15.4. The molecule has 1 unspecified atom stereocenters. The van der Waals surface area contributed by atoms with Crippen LogP contribution in [0.5, 0.6) is 0 Å². The van der Waals surface area contributed by atoms with Gasteiger partial charge in [0.05, 0.1) is 44.1 Å². The van der Waals surface area contributed by atoms with E-state index in [0.717, 1.165) is 5.56 Å². The molecule has 5 nitrogen and oxygen atoms in total. The lowest BCUT2D eigenvalue weighted by Gasteiger charge is -2.27. The molecule has 4 rings (SSSR count). The highest BCUT2D eigenvalue weighted by molar-refractivity contribution is 6.01. The third kappa shape index (κ3) is 5.06. The van der Waals surface area contributed by atoms with E-state index >= 15 is 0 Å². The van der Waals surface area contributed by atoms with Crippen molar-refractivity contribution >= 4 is 5.71 Å². The molecule has 2 aromatic rings. The van der Waals surface area contributed by atoms with Crippen molar-refractivity contribution in [1.82, 2.24) is 0 Å². The Labute approximate surface area is 187 Å². The molecule has 4 atom stereocenters. The van der Waals surface area contributed by atoms with Gasteiger partial charge in [-0.25, -0.2) is 8.78 Å². The van der Waals surface area contributed by atoms with E-state index in [0.29, 0.717) is 19.8 Å². The SMILES string of the molecule is C=CC(C)OCC(=NO)c1ccccc1F.C[C@H]1OC[C@]2(c3ccccc3F)COC[C@H]12. The highest BCUT2D eigenvalue weighted by Crippen LogP contribution is 2.46. The third-order valence-electron chi connectivity index (χ3n) is 6.07. The molecule has 1 N–H and O–H groups in total. The minimum atomic E-state index is -0.440. The molecule has 2 aromatic carbocycles. The Morgan fingerprint density at radius 1 is 1.22 bits per heavy atom. The summed E-state index contributed by atoms with van der Waals surface area (Å²) in [5, 5.41) is 11.8. The molecule has 0 aromatic heterocycles. The second-order valence-corrected chi connectivity index (χ2v) is 8.05. The van der Waals surface area contributed by atoms with Crippen molar-refractivity contribution in [2.24, 2.45) is 11.1 Å². The fraction of sp³-hybridized carbons (Fsp3) is 0.400. The second-order valence-electron chi connectivity index (χ2n) is 8.05. The van der Waals surface area contributed by atoms with Crippen LogP contribution in [0.15, 0.2) is 66.3 Å². The van der Waals surface area contributed by atoms with Crippen LogP contribution >= 0.6 is 0 Å². The number of nitrogens with zero attached hydrogens (tertiary/aromatic N) is 1. The lowest BCUT2D eigenvalue weighted by molar-refractivity contribution is 0.0577. The van der Waals surface area contributed by atoms with Crippen molar-refractivity contribution in [2.45, 2.75) is 31.5 Å². The number of oxime groups is 1. The Bertz CT molecular complexity index is 951. The Morgan fingerprint density at radius 3 is 2.56 bits per heavy atom. The maximum atomic E-state index is 13.9. The molecule has 0 aliphatic carbocycles. The zero-order valence-electron chi connectivity index (χ0n) is 18.3. The molecular weight excluding hydrogens is 416 g/mol. The van der Waals surface area contributed by atoms with E-state index in [9.17, 15) is 8.78 Å².